The molecule has 3 aromatic rings. The van der Waals surface area contributed by atoms with Gasteiger partial charge in [-0.2, -0.15) is 4.98 Å². The van der Waals surface area contributed by atoms with E-state index in [0.29, 0.717) is 23.9 Å². The molecule has 0 atom stereocenters. The topological polar surface area (TPSA) is 74.5 Å². The quantitative estimate of drug-likeness (QED) is 0.216. The molecular formula is C24H29IN2O4. The van der Waals surface area contributed by atoms with E-state index in [1.807, 2.05) is 25.1 Å². The molecule has 0 aliphatic carbocycles. The van der Waals surface area contributed by atoms with Gasteiger partial charge in [0.05, 0.1) is 19.3 Å². The molecule has 0 amide bonds. The van der Waals surface area contributed by atoms with Gasteiger partial charge in [0.2, 0.25) is 5.82 Å². The Morgan fingerprint density at radius 3 is 2.23 bits per heavy atom. The lowest BCUT2D eigenvalue weighted by Gasteiger charge is -2.23. The zero-order valence-electron chi connectivity index (χ0n) is 18.9. The van der Waals surface area contributed by atoms with Crippen LogP contribution < -0.4 is 4.74 Å². The first kappa shape index (κ1) is 24.8. The van der Waals surface area contributed by atoms with Gasteiger partial charge in [0.25, 0.3) is 5.89 Å². The lowest BCUT2D eigenvalue weighted by Crippen LogP contribution is -2.13. The largest absolute Gasteiger partial charge is 0.494 e. The predicted octanol–water partition coefficient (Wildman–Crippen LogP) is 6.33. The van der Waals surface area contributed by atoms with Crippen LogP contribution in [0.2, 0.25) is 0 Å². The maximum atomic E-state index is 11.6. The van der Waals surface area contributed by atoms with Crippen LogP contribution in [0.25, 0.3) is 22.8 Å². The molecule has 0 aliphatic rings. The Labute approximate surface area is 197 Å². The smallest absolute Gasteiger partial charge is 0.337 e. The standard InChI is InChI=1S/C22H24N2O4.C2H5I/c1-6-27-18-12-11-16(13-17(18)22(2,3)4)19-23-20(28-24-19)14-7-9-15(10-8-14)21(25)26-5;1-2-3/h7-13H,6H2,1-5H3;2H2,1H3. The zero-order valence-corrected chi connectivity index (χ0v) is 21.0. The van der Waals surface area contributed by atoms with Crippen LogP contribution >= 0.6 is 22.6 Å². The second kappa shape index (κ2) is 11.3. The van der Waals surface area contributed by atoms with Gasteiger partial charge in [0.15, 0.2) is 0 Å². The number of ether oxygens (including phenoxy) is 2. The molecule has 0 bridgehead atoms. The van der Waals surface area contributed by atoms with Crippen LogP contribution in [0, 0.1) is 0 Å². The Kier molecular flexibility index (Phi) is 9.03. The number of nitrogens with zero attached hydrogens (tertiary/aromatic N) is 2. The summed E-state index contributed by atoms with van der Waals surface area (Å²) < 4.78 is 17.1. The Morgan fingerprint density at radius 1 is 1.06 bits per heavy atom. The Balaban J connectivity index is 0.00000107. The van der Waals surface area contributed by atoms with Gasteiger partial charge in [-0.1, -0.05) is 55.4 Å². The zero-order chi connectivity index (χ0) is 23.0. The fourth-order valence-electron chi connectivity index (χ4n) is 2.86. The van der Waals surface area contributed by atoms with Crippen LogP contribution in [0.1, 0.15) is 50.5 Å². The number of carbonyl (C=O) groups is 1. The van der Waals surface area contributed by atoms with Crippen molar-refractivity contribution in [2.75, 3.05) is 18.1 Å². The van der Waals surface area contributed by atoms with Crippen molar-refractivity contribution in [2.24, 2.45) is 0 Å². The SMILES string of the molecule is CCI.CCOc1ccc(-c2noc(-c3ccc(C(=O)OC)cc3)n2)cc1C(C)(C)C. The van der Waals surface area contributed by atoms with Crippen LogP contribution in [-0.4, -0.2) is 34.3 Å². The van der Waals surface area contributed by atoms with Gasteiger partial charge in [-0.25, -0.2) is 4.79 Å². The lowest BCUT2D eigenvalue weighted by molar-refractivity contribution is 0.0600. The minimum absolute atomic E-state index is 0.0865. The molecule has 7 heteroatoms. The van der Waals surface area contributed by atoms with Crippen LogP contribution in [0.3, 0.4) is 0 Å². The van der Waals surface area contributed by atoms with E-state index in [9.17, 15) is 4.79 Å². The van der Waals surface area contributed by atoms with Crippen molar-refractivity contribution < 1.29 is 18.8 Å². The molecule has 0 unspecified atom stereocenters. The molecule has 2 aromatic carbocycles. The van der Waals surface area contributed by atoms with Crippen molar-refractivity contribution in [1.29, 1.82) is 0 Å². The number of esters is 1. The molecule has 1 heterocycles. The maximum absolute atomic E-state index is 11.6. The van der Waals surface area contributed by atoms with Crippen molar-refractivity contribution in [1.82, 2.24) is 10.1 Å². The van der Waals surface area contributed by atoms with Gasteiger partial charge in [0, 0.05) is 16.7 Å². The van der Waals surface area contributed by atoms with Gasteiger partial charge in [-0.05, 0) is 59.2 Å². The third kappa shape index (κ3) is 6.53. The summed E-state index contributed by atoms with van der Waals surface area (Å²) in [7, 11) is 1.35. The summed E-state index contributed by atoms with van der Waals surface area (Å²) >= 11 is 2.29. The van der Waals surface area contributed by atoms with Crippen LogP contribution in [0.15, 0.2) is 47.0 Å². The highest BCUT2D eigenvalue weighted by Gasteiger charge is 2.21. The Bertz CT molecular complexity index is 992. The molecule has 0 fully saturated rings. The van der Waals surface area contributed by atoms with E-state index in [-0.39, 0.29) is 11.4 Å². The minimum atomic E-state index is -0.387. The van der Waals surface area contributed by atoms with E-state index >= 15 is 0 Å². The third-order valence-electron chi connectivity index (χ3n) is 4.32. The van der Waals surface area contributed by atoms with Gasteiger partial charge < -0.3 is 14.0 Å². The van der Waals surface area contributed by atoms with Crippen LogP contribution in [0.4, 0.5) is 0 Å². The molecule has 0 N–H and O–H groups in total. The molecule has 6 nitrogen and oxygen atoms in total. The Hall–Kier alpha value is -2.42. The van der Waals surface area contributed by atoms with E-state index in [1.165, 1.54) is 11.5 Å². The van der Waals surface area contributed by atoms with E-state index in [1.54, 1.807) is 24.3 Å². The highest BCUT2D eigenvalue weighted by Crippen LogP contribution is 2.35. The van der Waals surface area contributed by atoms with Crippen molar-refractivity contribution in [2.45, 2.75) is 40.0 Å². The normalized spacial score (nSPS) is 10.8. The Morgan fingerprint density at radius 2 is 1.68 bits per heavy atom. The van der Waals surface area contributed by atoms with E-state index in [2.05, 4.69) is 60.4 Å². The highest BCUT2D eigenvalue weighted by atomic mass is 127. The van der Waals surface area contributed by atoms with Gasteiger partial charge in [-0.3, -0.25) is 0 Å². The average molecular weight is 536 g/mol. The number of halogens is 1. The summed E-state index contributed by atoms with van der Waals surface area (Å²) in [6, 6.07) is 12.7. The van der Waals surface area contributed by atoms with E-state index in [4.69, 9.17) is 14.0 Å². The molecule has 166 valence electrons. The fourth-order valence-corrected chi connectivity index (χ4v) is 2.86. The number of rotatable bonds is 5. The summed E-state index contributed by atoms with van der Waals surface area (Å²) in [6.45, 7) is 11.1. The summed E-state index contributed by atoms with van der Waals surface area (Å²) in [5.41, 5.74) is 3.05. The predicted molar refractivity (Wildman–Crippen MR) is 131 cm³/mol. The number of alkyl halides is 1. The first-order valence-electron chi connectivity index (χ1n) is 10.1. The molecular weight excluding hydrogens is 507 g/mol. The number of hydrogen-bond acceptors (Lipinski definition) is 6. The van der Waals surface area contributed by atoms with Crippen molar-refractivity contribution in [3.8, 4) is 28.6 Å². The average Bonchev–Trinajstić information content (AvgIpc) is 3.24. The molecule has 0 spiro atoms. The number of aromatic nitrogens is 2. The van der Waals surface area contributed by atoms with Crippen LogP contribution in [0.5, 0.6) is 5.75 Å². The first-order chi connectivity index (χ1) is 14.7. The third-order valence-corrected chi connectivity index (χ3v) is 4.32. The molecule has 0 aliphatic heterocycles. The summed E-state index contributed by atoms with van der Waals surface area (Å²) in [5.74, 6) is 1.36. The van der Waals surface area contributed by atoms with E-state index in [0.717, 1.165) is 22.4 Å². The molecule has 0 saturated carbocycles. The van der Waals surface area contributed by atoms with Crippen LogP contribution in [-0.2, 0) is 10.2 Å². The van der Waals surface area contributed by atoms with Gasteiger partial charge >= 0.3 is 5.97 Å². The molecule has 3 rings (SSSR count). The number of hydrogen-bond donors (Lipinski definition) is 0. The van der Waals surface area contributed by atoms with Crippen molar-refractivity contribution in [3.63, 3.8) is 0 Å². The van der Waals surface area contributed by atoms with Gasteiger partial charge in [0.1, 0.15) is 5.75 Å². The second-order valence-corrected chi connectivity index (χ2v) is 9.18. The summed E-state index contributed by atoms with van der Waals surface area (Å²) in [4.78, 5) is 16.1. The van der Waals surface area contributed by atoms with E-state index < -0.39 is 0 Å². The number of carbonyl (C=O) groups excluding carboxylic acids is 1. The van der Waals surface area contributed by atoms with Gasteiger partial charge in [-0.15, -0.1) is 0 Å². The summed E-state index contributed by atoms with van der Waals surface area (Å²) in [6.07, 6.45) is 0. The first-order valence-corrected chi connectivity index (χ1v) is 11.6. The molecule has 1 aromatic heterocycles. The van der Waals surface area contributed by atoms with Crippen molar-refractivity contribution in [3.05, 3.63) is 53.6 Å². The highest BCUT2D eigenvalue weighted by molar-refractivity contribution is 14.1. The minimum Gasteiger partial charge on any atom is -0.494 e. The fraction of sp³-hybridized carbons (Fsp3) is 0.375. The second-order valence-electron chi connectivity index (χ2n) is 7.65. The lowest BCUT2D eigenvalue weighted by atomic mass is 9.85. The molecule has 0 saturated heterocycles. The summed E-state index contributed by atoms with van der Waals surface area (Å²) in [5, 5.41) is 4.12. The molecule has 31 heavy (non-hydrogen) atoms. The maximum Gasteiger partial charge on any atom is 0.337 e. The number of methoxy groups -OCH3 is 1. The van der Waals surface area contributed by atoms with Crippen molar-refractivity contribution >= 4 is 28.6 Å². The number of benzene rings is 2. The monoisotopic (exact) mass is 536 g/mol. The molecule has 0 radical (unpaired) electrons.